The highest BCUT2D eigenvalue weighted by molar-refractivity contribution is 5.81. The zero-order valence-corrected chi connectivity index (χ0v) is 13.6. The average Bonchev–Trinajstić information content (AvgIpc) is 2.46. The smallest absolute Gasteiger partial charge is 0.261 e. The number of carbonyl (C=O) groups excluding carboxylic acids is 1. The third-order valence-corrected chi connectivity index (χ3v) is 3.68. The van der Waals surface area contributed by atoms with Crippen LogP contribution in [-0.2, 0) is 4.79 Å². The molecule has 0 bridgehead atoms. The number of hydrogen-bond donors (Lipinski definition) is 2. The molecule has 1 rings (SSSR count). The first-order chi connectivity index (χ1) is 9.80. The number of hydrogen-bond acceptors (Lipinski definition) is 3. The maximum absolute atomic E-state index is 12.2. The topological polar surface area (TPSA) is 58.6 Å². The standard InChI is InChI=1S/C17H27NO3/c1-6-14(19)13-10-8-9-11-15(13)21-12(3)16(20)18-17(4,5)7-2/h8-12,14,19H,6-7H2,1-5H3,(H,18,20)/t12?,14-/m1/s1. The van der Waals surface area contributed by atoms with Gasteiger partial charge in [-0.1, -0.05) is 32.0 Å². The van der Waals surface area contributed by atoms with Crippen molar-refractivity contribution < 1.29 is 14.6 Å². The van der Waals surface area contributed by atoms with E-state index in [0.717, 1.165) is 12.0 Å². The van der Waals surface area contributed by atoms with Crippen LogP contribution in [0.15, 0.2) is 24.3 Å². The fourth-order valence-corrected chi connectivity index (χ4v) is 1.85. The first-order valence-corrected chi connectivity index (χ1v) is 7.56. The second-order valence-electron chi connectivity index (χ2n) is 5.95. The highest BCUT2D eigenvalue weighted by Crippen LogP contribution is 2.27. The Kier molecular flexibility index (Phi) is 6.21. The molecule has 1 aromatic rings. The van der Waals surface area contributed by atoms with Gasteiger partial charge in [0.25, 0.3) is 5.91 Å². The monoisotopic (exact) mass is 293 g/mol. The highest BCUT2D eigenvalue weighted by atomic mass is 16.5. The summed E-state index contributed by atoms with van der Waals surface area (Å²) in [5, 5.41) is 13.0. The van der Waals surface area contributed by atoms with Gasteiger partial charge >= 0.3 is 0 Å². The van der Waals surface area contributed by atoms with Crippen molar-refractivity contribution in [2.24, 2.45) is 0 Å². The Bertz CT molecular complexity index is 471. The van der Waals surface area contributed by atoms with E-state index < -0.39 is 12.2 Å². The predicted octanol–water partition coefficient (Wildman–Crippen LogP) is 3.20. The Morgan fingerprint density at radius 1 is 1.33 bits per heavy atom. The molecule has 0 aromatic heterocycles. The van der Waals surface area contributed by atoms with Gasteiger partial charge in [-0.05, 0) is 39.7 Å². The van der Waals surface area contributed by atoms with Crippen LogP contribution < -0.4 is 10.1 Å². The fraction of sp³-hybridized carbons (Fsp3) is 0.588. The normalized spacial score (nSPS) is 14.4. The lowest BCUT2D eigenvalue weighted by Crippen LogP contribution is -2.48. The Hall–Kier alpha value is -1.55. The van der Waals surface area contributed by atoms with Crippen LogP contribution in [0.3, 0.4) is 0 Å². The number of para-hydroxylation sites is 1. The highest BCUT2D eigenvalue weighted by Gasteiger charge is 2.24. The average molecular weight is 293 g/mol. The Morgan fingerprint density at radius 2 is 1.95 bits per heavy atom. The number of carbonyl (C=O) groups is 1. The third kappa shape index (κ3) is 5.05. The fourth-order valence-electron chi connectivity index (χ4n) is 1.85. The first-order valence-electron chi connectivity index (χ1n) is 7.56. The van der Waals surface area contributed by atoms with Gasteiger partial charge in [-0.15, -0.1) is 0 Å². The maximum atomic E-state index is 12.2. The number of ether oxygens (including phenoxy) is 1. The summed E-state index contributed by atoms with van der Waals surface area (Å²) < 4.78 is 5.75. The molecule has 0 radical (unpaired) electrons. The van der Waals surface area contributed by atoms with Crippen LogP contribution in [0, 0.1) is 0 Å². The van der Waals surface area contributed by atoms with Gasteiger partial charge in [0.2, 0.25) is 0 Å². The molecule has 2 atom stereocenters. The molecule has 4 heteroatoms. The van der Waals surface area contributed by atoms with E-state index in [2.05, 4.69) is 5.32 Å². The van der Waals surface area contributed by atoms with Crippen LogP contribution in [0.25, 0.3) is 0 Å². The molecule has 0 aliphatic rings. The summed E-state index contributed by atoms with van der Waals surface area (Å²) in [5.41, 5.74) is 0.464. The number of rotatable bonds is 7. The lowest BCUT2D eigenvalue weighted by molar-refractivity contribution is -0.129. The van der Waals surface area contributed by atoms with Crippen molar-refractivity contribution in [3.8, 4) is 5.75 Å². The van der Waals surface area contributed by atoms with Gasteiger partial charge in [0.1, 0.15) is 5.75 Å². The molecule has 0 heterocycles. The molecule has 0 saturated heterocycles. The molecule has 0 aliphatic heterocycles. The molecular weight excluding hydrogens is 266 g/mol. The van der Waals surface area contributed by atoms with Crippen LogP contribution in [0.2, 0.25) is 0 Å². The van der Waals surface area contributed by atoms with Crippen molar-refractivity contribution >= 4 is 5.91 Å². The van der Waals surface area contributed by atoms with Crippen molar-refractivity contribution in [2.45, 2.75) is 65.2 Å². The van der Waals surface area contributed by atoms with Gasteiger partial charge in [-0.3, -0.25) is 4.79 Å². The summed E-state index contributed by atoms with van der Waals surface area (Å²) in [6, 6.07) is 7.29. The van der Waals surface area contributed by atoms with Gasteiger partial charge in [0.05, 0.1) is 6.10 Å². The van der Waals surface area contributed by atoms with E-state index in [-0.39, 0.29) is 11.4 Å². The van der Waals surface area contributed by atoms with Crippen LogP contribution >= 0.6 is 0 Å². The largest absolute Gasteiger partial charge is 0.481 e. The second-order valence-corrected chi connectivity index (χ2v) is 5.95. The SMILES string of the molecule is CC[C@@H](O)c1ccccc1OC(C)C(=O)NC(C)(C)CC. The van der Waals surface area contributed by atoms with Crippen molar-refractivity contribution in [1.82, 2.24) is 5.32 Å². The van der Waals surface area contributed by atoms with E-state index in [0.29, 0.717) is 12.2 Å². The molecule has 1 unspecified atom stereocenters. The summed E-state index contributed by atoms with van der Waals surface area (Å²) in [6.45, 7) is 9.61. The molecule has 118 valence electrons. The Labute approximate surface area is 127 Å². The molecule has 0 saturated carbocycles. The molecule has 1 amide bonds. The van der Waals surface area contributed by atoms with Crippen LogP contribution in [0.4, 0.5) is 0 Å². The summed E-state index contributed by atoms with van der Waals surface area (Å²) in [4.78, 5) is 12.2. The minimum Gasteiger partial charge on any atom is -0.481 e. The quantitative estimate of drug-likeness (QED) is 0.811. The van der Waals surface area contributed by atoms with Crippen LogP contribution in [-0.4, -0.2) is 22.7 Å². The molecule has 0 spiro atoms. The first kappa shape index (κ1) is 17.5. The second kappa shape index (κ2) is 7.46. The number of aliphatic hydroxyl groups is 1. The van der Waals surface area contributed by atoms with Crippen LogP contribution in [0.1, 0.15) is 59.1 Å². The van der Waals surface area contributed by atoms with Gasteiger partial charge in [0.15, 0.2) is 6.10 Å². The number of benzene rings is 1. The third-order valence-electron chi connectivity index (χ3n) is 3.68. The van der Waals surface area contributed by atoms with E-state index in [9.17, 15) is 9.90 Å². The van der Waals surface area contributed by atoms with Crippen molar-refractivity contribution in [1.29, 1.82) is 0 Å². The number of amides is 1. The van der Waals surface area contributed by atoms with Gasteiger partial charge in [-0.2, -0.15) is 0 Å². The molecule has 4 nitrogen and oxygen atoms in total. The van der Waals surface area contributed by atoms with Crippen LogP contribution in [0.5, 0.6) is 5.75 Å². The molecule has 1 aromatic carbocycles. The molecule has 0 fully saturated rings. The van der Waals surface area contributed by atoms with E-state index in [1.165, 1.54) is 0 Å². The van der Waals surface area contributed by atoms with Gasteiger partial charge in [0, 0.05) is 11.1 Å². The Balaban J connectivity index is 2.79. The minimum absolute atomic E-state index is 0.150. The lowest BCUT2D eigenvalue weighted by atomic mass is 10.0. The molecule has 2 N–H and O–H groups in total. The maximum Gasteiger partial charge on any atom is 0.261 e. The van der Waals surface area contributed by atoms with E-state index >= 15 is 0 Å². The van der Waals surface area contributed by atoms with Crippen molar-refractivity contribution in [3.05, 3.63) is 29.8 Å². The predicted molar refractivity (Wildman–Crippen MR) is 84.3 cm³/mol. The molecular formula is C17H27NO3. The molecule has 0 aliphatic carbocycles. The van der Waals surface area contributed by atoms with E-state index in [1.807, 2.05) is 45.9 Å². The van der Waals surface area contributed by atoms with Crippen molar-refractivity contribution in [2.75, 3.05) is 0 Å². The lowest BCUT2D eigenvalue weighted by Gasteiger charge is -2.27. The van der Waals surface area contributed by atoms with Gasteiger partial charge in [-0.25, -0.2) is 0 Å². The Morgan fingerprint density at radius 3 is 2.52 bits per heavy atom. The number of nitrogens with one attached hydrogen (secondary N) is 1. The van der Waals surface area contributed by atoms with E-state index in [1.54, 1.807) is 13.0 Å². The summed E-state index contributed by atoms with van der Waals surface area (Å²) in [5.74, 6) is 0.409. The van der Waals surface area contributed by atoms with Crippen molar-refractivity contribution in [3.63, 3.8) is 0 Å². The van der Waals surface area contributed by atoms with E-state index in [4.69, 9.17) is 4.74 Å². The number of aliphatic hydroxyl groups excluding tert-OH is 1. The summed E-state index contributed by atoms with van der Waals surface area (Å²) in [7, 11) is 0. The zero-order chi connectivity index (χ0) is 16.0. The molecule has 21 heavy (non-hydrogen) atoms. The zero-order valence-electron chi connectivity index (χ0n) is 13.6. The summed E-state index contributed by atoms with van der Waals surface area (Å²) >= 11 is 0. The van der Waals surface area contributed by atoms with Gasteiger partial charge < -0.3 is 15.2 Å². The minimum atomic E-state index is -0.610. The summed E-state index contributed by atoms with van der Waals surface area (Å²) in [6.07, 6.45) is 0.255.